The van der Waals surface area contributed by atoms with Crippen molar-refractivity contribution in [3.05, 3.63) is 33.8 Å². The Kier molecular flexibility index (Phi) is 6.14. The van der Waals surface area contributed by atoms with E-state index in [2.05, 4.69) is 20.3 Å². The molecule has 0 saturated heterocycles. The van der Waals surface area contributed by atoms with Gasteiger partial charge in [-0.3, -0.25) is 0 Å². The van der Waals surface area contributed by atoms with Gasteiger partial charge in [0.15, 0.2) is 5.15 Å². The molecule has 10 heteroatoms. The fourth-order valence-corrected chi connectivity index (χ4v) is 2.81. The van der Waals surface area contributed by atoms with Crippen LogP contribution in [-0.2, 0) is 0 Å². The standard InChI is InChI=1S/C14H13Cl3N4O2S/c1-14(2,3)21-13(22)23-9-4-7(11(16)12(17)20-9)24-10-6-18-8(15)5-19-10/h4-6H,1-3H3,(H,21,22). The Morgan fingerprint density at radius 3 is 2.50 bits per heavy atom. The third-order valence-corrected chi connectivity index (χ3v) is 4.37. The van der Waals surface area contributed by atoms with Crippen LogP contribution in [0.25, 0.3) is 0 Å². The van der Waals surface area contributed by atoms with Crippen molar-refractivity contribution in [3.8, 4) is 5.88 Å². The molecule has 1 N–H and O–H groups in total. The summed E-state index contributed by atoms with van der Waals surface area (Å²) in [5.41, 5.74) is -0.441. The van der Waals surface area contributed by atoms with Crippen LogP contribution >= 0.6 is 46.6 Å². The van der Waals surface area contributed by atoms with Crippen molar-refractivity contribution in [2.45, 2.75) is 36.2 Å². The highest BCUT2D eigenvalue weighted by Gasteiger charge is 2.18. The van der Waals surface area contributed by atoms with Gasteiger partial charge in [-0.2, -0.15) is 4.98 Å². The largest absolute Gasteiger partial charge is 0.414 e. The van der Waals surface area contributed by atoms with Crippen molar-refractivity contribution in [1.29, 1.82) is 0 Å². The molecule has 1 amide bonds. The lowest BCUT2D eigenvalue weighted by molar-refractivity contribution is 0.188. The van der Waals surface area contributed by atoms with E-state index in [0.717, 1.165) is 0 Å². The van der Waals surface area contributed by atoms with E-state index in [9.17, 15) is 4.79 Å². The van der Waals surface area contributed by atoms with Crippen molar-refractivity contribution in [2.24, 2.45) is 0 Å². The number of hydrogen-bond acceptors (Lipinski definition) is 6. The Labute approximate surface area is 158 Å². The molecule has 2 aromatic heterocycles. The fraction of sp³-hybridized carbons (Fsp3) is 0.286. The van der Waals surface area contributed by atoms with Gasteiger partial charge in [-0.15, -0.1) is 0 Å². The number of pyridine rings is 1. The van der Waals surface area contributed by atoms with Crippen LogP contribution in [0, 0.1) is 0 Å². The zero-order valence-electron chi connectivity index (χ0n) is 12.9. The minimum absolute atomic E-state index is 0.0159. The highest BCUT2D eigenvalue weighted by Crippen LogP contribution is 2.37. The van der Waals surface area contributed by atoms with Crippen LogP contribution < -0.4 is 10.1 Å². The van der Waals surface area contributed by atoms with E-state index in [4.69, 9.17) is 39.5 Å². The van der Waals surface area contributed by atoms with Gasteiger partial charge in [-0.25, -0.2) is 14.8 Å². The second kappa shape index (κ2) is 7.74. The highest BCUT2D eigenvalue weighted by molar-refractivity contribution is 7.99. The lowest BCUT2D eigenvalue weighted by Gasteiger charge is -2.19. The normalized spacial score (nSPS) is 11.2. The van der Waals surface area contributed by atoms with Gasteiger partial charge < -0.3 is 10.1 Å². The summed E-state index contributed by atoms with van der Waals surface area (Å²) < 4.78 is 5.15. The van der Waals surface area contributed by atoms with E-state index in [1.54, 1.807) is 0 Å². The number of ether oxygens (including phenoxy) is 1. The van der Waals surface area contributed by atoms with Crippen LogP contribution in [0.4, 0.5) is 4.79 Å². The molecular weight excluding hydrogens is 395 g/mol. The second-order valence-electron chi connectivity index (χ2n) is 5.61. The van der Waals surface area contributed by atoms with Crippen LogP contribution in [0.5, 0.6) is 5.88 Å². The molecule has 0 fully saturated rings. The van der Waals surface area contributed by atoms with Crippen LogP contribution in [0.2, 0.25) is 15.3 Å². The predicted octanol–water partition coefficient (Wildman–Crippen LogP) is 4.87. The molecule has 0 aliphatic heterocycles. The van der Waals surface area contributed by atoms with Gasteiger partial charge in [0.25, 0.3) is 0 Å². The molecule has 128 valence electrons. The minimum Gasteiger partial charge on any atom is -0.391 e. The molecule has 0 aromatic carbocycles. The maximum Gasteiger partial charge on any atom is 0.414 e. The lowest BCUT2D eigenvalue weighted by atomic mass is 10.1. The average molecular weight is 408 g/mol. The maximum atomic E-state index is 11.8. The van der Waals surface area contributed by atoms with Crippen molar-refractivity contribution < 1.29 is 9.53 Å². The van der Waals surface area contributed by atoms with Gasteiger partial charge in [0.05, 0.1) is 17.4 Å². The minimum atomic E-state index is -0.643. The van der Waals surface area contributed by atoms with Gasteiger partial charge in [-0.1, -0.05) is 46.6 Å². The number of halogens is 3. The van der Waals surface area contributed by atoms with Crippen molar-refractivity contribution in [1.82, 2.24) is 20.3 Å². The molecule has 0 unspecified atom stereocenters. The molecule has 6 nitrogen and oxygen atoms in total. The van der Waals surface area contributed by atoms with E-state index in [1.165, 1.54) is 30.2 Å². The van der Waals surface area contributed by atoms with E-state index < -0.39 is 11.6 Å². The predicted molar refractivity (Wildman–Crippen MR) is 94.3 cm³/mol. The van der Waals surface area contributed by atoms with E-state index in [1.807, 2.05) is 20.8 Å². The first-order valence-corrected chi connectivity index (χ1v) is 8.60. The van der Waals surface area contributed by atoms with E-state index in [-0.39, 0.29) is 21.2 Å². The Balaban J connectivity index is 2.21. The molecule has 0 aliphatic carbocycles. The number of amides is 1. The lowest BCUT2D eigenvalue weighted by Crippen LogP contribution is -2.42. The number of nitrogens with zero attached hydrogens (tertiary/aromatic N) is 3. The monoisotopic (exact) mass is 406 g/mol. The number of aromatic nitrogens is 3. The highest BCUT2D eigenvalue weighted by atomic mass is 35.5. The Hall–Kier alpha value is -1.28. The smallest absolute Gasteiger partial charge is 0.391 e. The summed E-state index contributed by atoms with van der Waals surface area (Å²) >= 11 is 19.0. The summed E-state index contributed by atoms with van der Waals surface area (Å²) in [6.07, 6.45) is 2.26. The summed E-state index contributed by atoms with van der Waals surface area (Å²) in [6, 6.07) is 1.50. The van der Waals surface area contributed by atoms with Crippen molar-refractivity contribution in [2.75, 3.05) is 0 Å². The topological polar surface area (TPSA) is 77.0 Å². The number of rotatable bonds is 3. The molecule has 2 aromatic rings. The number of carbonyl (C=O) groups excluding carboxylic acids is 1. The first-order chi connectivity index (χ1) is 11.1. The van der Waals surface area contributed by atoms with Crippen molar-refractivity contribution in [3.63, 3.8) is 0 Å². The zero-order valence-corrected chi connectivity index (χ0v) is 16.0. The molecule has 0 bridgehead atoms. The SMILES string of the molecule is CC(C)(C)NC(=O)Oc1cc(Sc2cnc(Cl)cn2)c(Cl)c(Cl)n1. The molecule has 0 aliphatic rings. The Morgan fingerprint density at radius 2 is 1.92 bits per heavy atom. The number of carbonyl (C=O) groups is 1. The van der Waals surface area contributed by atoms with Gasteiger partial charge in [0.1, 0.15) is 10.2 Å². The summed E-state index contributed by atoms with van der Waals surface area (Å²) in [6.45, 7) is 5.49. The summed E-state index contributed by atoms with van der Waals surface area (Å²) in [5.74, 6) is 0.0237. The molecule has 0 saturated carbocycles. The molecule has 0 atom stereocenters. The van der Waals surface area contributed by atoms with Gasteiger partial charge >= 0.3 is 6.09 Å². The van der Waals surface area contributed by atoms with Crippen LogP contribution in [-0.4, -0.2) is 26.6 Å². The number of nitrogens with one attached hydrogen (secondary N) is 1. The Bertz CT molecular complexity index is 751. The van der Waals surface area contributed by atoms with Crippen LogP contribution in [0.3, 0.4) is 0 Å². The van der Waals surface area contributed by atoms with Crippen LogP contribution in [0.15, 0.2) is 28.4 Å². The molecule has 2 heterocycles. The van der Waals surface area contributed by atoms with Gasteiger partial charge in [-0.05, 0) is 20.8 Å². The van der Waals surface area contributed by atoms with Gasteiger partial charge in [0.2, 0.25) is 5.88 Å². The summed E-state index contributed by atoms with van der Waals surface area (Å²) in [5, 5.41) is 3.72. The summed E-state index contributed by atoms with van der Waals surface area (Å²) in [7, 11) is 0. The Morgan fingerprint density at radius 1 is 1.21 bits per heavy atom. The average Bonchev–Trinajstić information content (AvgIpc) is 2.44. The fourth-order valence-electron chi connectivity index (χ4n) is 1.47. The quantitative estimate of drug-likeness (QED) is 0.731. The maximum absolute atomic E-state index is 11.8. The zero-order chi connectivity index (χ0) is 17.9. The van der Waals surface area contributed by atoms with Crippen LogP contribution in [0.1, 0.15) is 20.8 Å². The molecule has 0 radical (unpaired) electrons. The molecule has 24 heavy (non-hydrogen) atoms. The number of hydrogen-bond donors (Lipinski definition) is 1. The molecule has 2 rings (SSSR count). The van der Waals surface area contributed by atoms with Gasteiger partial charge in [0, 0.05) is 16.5 Å². The second-order valence-corrected chi connectivity index (χ2v) is 7.79. The molecular formula is C14H13Cl3N4O2S. The van der Waals surface area contributed by atoms with E-state index in [0.29, 0.717) is 9.92 Å². The first kappa shape index (κ1) is 19.1. The van der Waals surface area contributed by atoms with Crippen molar-refractivity contribution >= 4 is 52.7 Å². The third kappa shape index (κ3) is 5.66. The van der Waals surface area contributed by atoms with E-state index >= 15 is 0 Å². The first-order valence-electron chi connectivity index (χ1n) is 6.65. The molecule has 0 spiro atoms. The summed E-state index contributed by atoms with van der Waals surface area (Å²) in [4.78, 5) is 24.3. The third-order valence-electron chi connectivity index (χ3n) is 2.35.